The van der Waals surface area contributed by atoms with Crippen LogP contribution < -0.4 is 9.64 Å². The Labute approximate surface area is 133 Å². The van der Waals surface area contributed by atoms with E-state index in [9.17, 15) is 4.79 Å². The fourth-order valence-electron chi connectivity index (χ4n) is 2.21. The highest BCUT2D eigenvalue weighted by Crippen LogP contribution is 2.19. The van der Waals surface area contributed by atoms with Crippen LogP contribution in [0.1, 0.15) is 19.3 Å². The Morgan fingerprint density at radius 1 is 1.52 bits per heavy atom. The van der Waals surface area contributed by atoms with E-state index in [1.807, 2.05) is 23.9 Å². The molecular weight excluding hydrogens is 336 g/mol. The summed E-state index contributed by atoms with van der Waals surface area (Å²) >= 11 is 3.35. The van der Waals surface area contributed by atoms with E-state index in [4.69, 9.17) is 4.74 Å². The molecule has 2 rings (SSSR count). The van der Waals surface area contributed by atoms with Crippen molar-refractivity contribution >= 4 is 27.7 Å². The number of carbonyl (C=O) groups excluding carboxylic acids is 1. The second-order valence-corrected chi connectivity index (χ2v) is 6.06. The molecule has 0 radical (unpaired) electrons. The summed E-state index contributed by atoms with van der Waals surface area (Å²) in [6, 6.07) is 0. The standard InChI is InChI=1S/C14H21BrN4O2/c1-18(2)12-8-16-9-13(17-12)21-11-5-7-19(10-11)14(20)4-3-6-15/h8-9,11H,3-7,10H2,1-2H3. The molecule has 1 aromatic rings. The number of anilines is 1. The summed E-state index contributed by atoms with van der Waals surface area (Å²) in [5.74, 6) is 1.48. The Bertz CT molecular complexity index is 484. The van der Waals surface area contributed by atoms with Crippen molar-refractivity contribution in [3.05, 3.63) is 12.4 Å². The summed E-state index contributed by atoms with van der Waals surface area (Å²) in [5, 5.41) is 0.861. The second kappa shape index (κ2) is 7.59. The van der Waals surface area contributed by atoms with Crippen LogP contribution in [0, 0.1) is 0 Å². The van der Waals surface area contributed by atoms with Crippen LogP contribution in [0.2, 0.25) is 0 Å². The van der Waals surface area contributed by atoms with Gasteiger partial charge in [0.15, 0.2) is 5.82 Å². The molecule has 6 nitrogen and oxygen atoms in total. The number of amides is 1. The summed E-state index contributed by atoms with van der Waals surface area (Å²) in [7, 11) is 3.82. The lowest BCUT2D eigenvalue weighted by atomic mass is 10.3. The highest BCUT2D eigenvalue weighted by Gasteiger charge is 2.27. The van der Waals surface area contributed by atoms with Crippen LogP contribution in [0.25, 0.3) is 0 Å². The van der Waals surface area contributed by atoms with Crippen LogP contribution in [0.3, 0.4) is 0 Å². The van der Waals surface area contributed by atoms with E-state index in [1.54, 1.807) is 12.4 Å². The normalized spacial score (nSPS) is 17.9. The lowest BCUT2D eigenvalue weighted by molar-refractivity contribution is -0.130. The molecule has 116 valence electrons. The summed E-state index contributed by atoms with van der Waals surface area (Å²) in [5.41, 5.74) is 0. The fourth-order valence-corrected chi connectivity index (χ4v) is 2.49. The summed E-state index contributed by atoms with van der Waals surface area (Å²) in [6.07, 6.45) is 5.61. The lowest BCUT2D eigenvalue weighted by Crippen LogP contribution is -2.30. The Kier molecular flexibility index (Phi) is 5.78. The van der Waals surface area contributed by atoms with Gasteiger partial charge in [0, 0.05) is 38.8 Å². The van der Waals surface area contributed by atoms with Crippen molar-refractivity contribution in [3.8, 4) is 5.88 Å². The van der Waals surface area contributed by atoms with Crippen LogP contribution >= 0.6 is 15.9 Å². The number of ether oxygens (including phenoxy) is 1. The molecule has 1 atom stereocenters. The molecule has 0 saturated carbocycles. The quantitative estimate of drug-likeness (QED) is 0.726. The van der Waals surface area contributed by atoms with Gasteiger partial charge in [0.25, 0.3) is 0 Å². The monoisotopic (exact) mass is 356 g/mol. The van der Waals surface area contributed by atoms with Crippen LogP contribution in [0.5, 0.6) is 5.88 Å². The molecule has 1 aliphatic heterocycles. The third-order valence-electron chi connectivity index (χ3n) is 3.37. The molecule has 0 spiro atoms. The average Bonchev–Trinajstić information content (AvgIpc) is 2.93. The molecule has 21 heavy (non-hydrogen) atoms. The molecule has 1 fully saturated rings. The van der Waals surface area contributed by atoms with Crippen LogP contribution in [-0.2, 0) is 4.79 Å². The van der Waals surface area contributed by atoms with Gasteiger partial charge in [-0.2, -0.15) is 4.98 Å². The molecule has 0 aliphatic carbocycles. The average molecular weight is 357 g/mol. The van der Waals surface area contributed by atoms with E-state index in [0.717, 1.165) is 30.5 Å². The maximum atomic E-state index is 12.0. The summed E-state index contributed by atoms with van der Waals surface area (Å²) in [4.78, 5) is 24.2. The molecule has 1 aromatic heterocycles. The van der Waals surface area contributed by atoms with Gasteiger partial charge < -0.3 is 14.5 Å². The smallest absolute Gasteiger partial charge is 0.234 e. The predicted octanol–water partition coefficient (Wildman–Crippen LogP) is 1.70. The van der Waals surface area contributed by atoms with E-state index in [2.05, 4.69) is 25.9 Å². The number of alkyl halides is 1. The molecule has 0 bridgehead atoms. The molecule has 1 saturated heterocycles. The third kappa shape index (κ3) is 4.56. The Balaban J connectivity index is 1.87. The summed E-state index contributed by atoms with van der Waals surface area (Å²) < 4.78 is 5.85. The fraction of sp³-hybridized carbons (Fsp3) is 0.643. The van der Waals surface area contributed by atoms with Crippen LogP contribution in [-0.4, -0.2) is 59.4 Å². The number of carbonyl (C=O) groups is 1. The number of nitrogens with zero attached hydrogens (tertiary/aromatic N) is 4. The van der Waals surface area contributed by atoms with E-state index >= 15 is 0 Å². The first kappa shape index (κ1) is 16.0. The lowest BCUT2D eigenvalue weighted by Gasteiger charge is -2.17. The summed E-state index contributed by atoms with van der Waals surface area (Å²) in [6.45, 7) is 1.39. The largest absolute Gasteiger partial charge is 0.471 e. The van der Waals surface area contributed by atoms with Gasteiger partial charge in [-0.25, -0.2) is 0 Å². The molecular formula is C14H21BrN4O2. The van der Waals surface area contributed by atoms with E-state index < -0.39 is 0 Å². The van der Waals surface area contributed by atoms with Gasteiger partial charge >= 0.3 is 0 Å². The first-order chi connectivity index (χ1) is 10.1. The number of hydrogen-bond donors (Lipinski definition) is 0. The highest BCUT2D eigenvalue weighted by molar-refractivity contribution is 9.09. The Morgan fingerprint density at radius 2 is 2.33 bits per heavy atom. The molecule has 0 aromatic carbocycles. The van der Waals surface area contributed by atoms with Gasteiger partial charge in [0.05, 0.1) is 18.9 Å². The minimum Gasteiger partial charge on any atom is -0.471 e. The van der Waals surface area contributed by atoms with Crippen LogP contribution in [0.15, 0.2) is 12.4 Å². The SMILES string of the molecule is CN(C)c1cncc(OC2CCN(C(=O)CCCBr)C2)n1. The van der Waals surface area contributed by atoms with Gasteiger partial charge in [0.2, 0.25) is 11.8 Å². The van der Waals surface area contributed by atoms with Crippen molar-refractivity contribution in [2.45, 2.75) is 25.4 Å². The molecule has 0 N–H and O–H groups in total. The third-order valence-corrected chi connectivity index (χ3v) is 3.93. The molecule has 1 amide bonds. The molecule has 1 unspecified atom stereocenters. The number of rotatable bonds is 6. The van der Waals surface area contributed by atoms with Crippen molar-refractivity contribution < 1.29 is 9.53 Å². The number of hydrogen-bond acceptors (Lipinski definition) is 5. The van der Waals surface area contributed by atoms with Gasteiger partial charge in [-0.1, -0.05) is 15.9 Å². The minimum absolute atomic E-state index is 0.00429. The second-order valence-electron chi connectivity index (χ2n) is 5.27. The first-order valence-corrected chi connectivity index (χ1v) is 8.22. The first-order valence-electron chi connectivity index (χ1n) is 7.10. The number of halogens is 1. The maximum absolute atomic E-state index is 12.0. The molecule has 2 heterocycles. The maximum Gasteiger partial charge on any atom is 0.234 e. The van der Waals surface area contributed by atoms with E-state index in [1.165, 1.54) is 0 Å². The van der Waals surface area contributed by atoms with Crippen molar-refractivity contribution in [1.82, 2.24) is 14.9 Å². The zero-order chi connectivity index (χ0) is 15.2. The molecule has 7 heteroatoms. The number of aromatic nitrogens is 2. The van der Waals surface area contributed by atoms with Crippen molar-refractivity contribution in [1.29, 1.82) is 0 Å². The van der Waals surface area contributed by atoms with E-state index in [-0.39, 0.29) is 12.0 Å². The topological polar surface area (TPSA) is 58.6 Å². The zero-order valence-corrected chi connectivity index (χ0v) is 14.0. The van der Waals surface area contributed by atoms with Crippen LogP contribution in [0.4, 0.5) is 5.82 Å². The van der Waals surface area contributed by atoms with Gasteiger partial charge in [-0.15, -0.1) is 0 Å². The van der Waals surface area contributed by atoms with Crippen molar-refractivity contribution in [2.75, 3.05) is 37.4 Å². The Morgan fingerprint density at radius 3 is 3.05 bits per heavy atom. The minimum atomic E-state index is 0.00429. The van der Waals surface area contributed by atoms with Gasteiger partial charge in [-0.3, -0.25) is 9.78 Å². The van der Waals surface area contributed by atoms with Gasteiger partial charge in [0.1, 0.15) is 6.10 Å². The van der Waals surface area contributed by atoms with Gasteiger partial charge in [-0.05, 0) is 6.42 Å². The van der Waals surface area contributed by atoms with E-state index in [0.29, 0.717) is 18.8 Å². The van der Waals surface area contributed by atoms with Crippen molar-refractivity contribution in [3.63, 3.8) is 0 Å². The number of likely N-dealkylation sites (tertiary alicyclic amines) is 1. The zero-order valence-electron chi connectivity index (χ0n) is 12.5. The molecule has 1 aliphatic rings. The predicted molar refractivity (Wildman–Crippen MR) is 85.0 cm³/mol. The highest BCUT2D eigenvalue weighted by atomic mass is 79.9. The van der Waals surface area contributed by atoms with Crippen molar-refractivity contribution in [2.24, 2.45) is 0 Å². The Hall–Kier alpha value is -1.37.